The summed E-state index contributed by atoms with van der Waals surface area (Å²) in [7, 11) is 0. The van der Waals surface area contributed by atoms with Crippen molar-refractivity contribution in [1.82, 2.24) is 0 Å². The fourth-order valence-corrected chi connectivity index (χ4v) is 1.94. The minimum atomic E-state index is -0.485. The molecular formula is C15H11ClN2O3. The highest BCUT2D eigenvalue weighted by molar-refractivity contribution is 6.31. The van der Waals surface area contributed by atoms with Gasteiger partial charge in [-0.15, -0.1) is 0 Å². The van der Waals surface area contributed by atoms with Crippen molar-refractivity contribution in [3.05, 3.63) is 68.2 Å². The van der Waals surface area contributed by atoms with E-state index in [4.69, 9.17) is 21.6 Å². The van der Waals surface area contributed by atoms with Gasteiger partial charge in [-0.25, -0.2) is 0 Å². The zero-order valence-corrected chi connectivity index (χ0v) is 11.9. The van der Waals surface area contributed by atoms with E-state index in [9.17, 15) is 10.1 Å². The van der Waals surface area contributed by atoms with Crippen LogP contribution in [0.1, 0.15) is 16.7 Å². The van der Waals surface area contributed by atoms with Gasteiger partial charge in [0.2, 0.25) is 0 Å². The van der Waals surface area contributed by atoms with Gasteiger partial charge in [-0.2, -0.15) is 5.26 Å². The second kappa shape index (κ2) is 6.25. The maximum Gasteiger partial charge on any atom is 0.269 e. The molecule has 0 saturated heterocycles. The number of halogens is 1. The lowest BCUT2D eigenvalue weighted by Gasteiger charge is -2.10. The molecule has 0 bridgehead atoms. The number of hydrogen-bond acceptors (Lipinski definition) is 4. The number of nitrogens with zero attached hydrogens (tertiary/aromatic N) is 2. The normalized spacial score (nSPS) is 9.95. The summed E-state index contributed by atoms with van der Waals surface area (Å²) in [5.41, 5.74) is 1.84. The number of non-ortho nitro benzene ring substituents is 1. The van der Waals surface area contributed by atoms with Gasteiger partial charge in [0.15, 0.2) is 0 Å². The van der Waals surface area contributed by atoms with Gasteiger partial charge < -0.3 is 4.74 Å². The van der Waals surface area contributed by atoms with Gasteiger partial charge in [0.1, 0.15) is 12.4 Å². The van der Waals surface area contributed by atoms with Crippen LogP contribution in [0.3, 0.4) is 0 Å². The Hall–Kier alpha value is -2.58. The highest BCUT2D eigenvalue weighted by atomic mass is 35.5. The van der Waals surface area contributed by atoms with Crippen LogP contribution in [0.4, 0.5) is 5.69 Å². The third kappa shape index (κ3) is 3.50. The topological polar surface area (TPSA) is 76.2 Å². The second-order valence-corrected chi connectivity index (χ2v) is 4.82. The molecule has 0 saturated carbocycles. The smallest absolute Gasteiger partial charge is 0.269 e. The van der Waals surface area contributed by atoms with Crippen molar-refractivity contribution in [2.45, 2.75) is 13.5 Å². The molecule has 2 aromatic carbocycles. The minimum Gasteiger partial charge on any atom is -0.489 e. The monoisotopic (exact) mass is 302 g/mol. The van der Waals surface area contributed by atoms with Crippen LogP contribution in [-0.4, -0.2) is 4.92 Å². The molecule has 0 aliphatic rings. The molecule has 0 aromatic heterocycles. The van der Waals surface area contributed by atoms with E-state index in [1.54, 1.807) is 18.2 Å². The fraction of sp³-hybridized carbons (Fsp3) is 0.133. The molecule has 0 amide bonds. The standard InChI is InChI=1S/C15H11ClN2O3/c1-10-2-3-11(8-17)6-15(10)21-9-12-7-13(18(19)20)4-5-14(12)16/h2-7H,9H2,1H3. The molecule has 2 rings (SSSR count). The first-order valence-electron chi connectivity index (χ1n) is 6.07. The maximum atomic E-state index is 10.8. The highest BCUT2D eigenvalue weighted by Gasteiger charge is 2.11. The third-order valence-electron chi connectivity index (χ3n) is 2.94. The van der Waals surface area contributed by atoms with Crippen LogP contribution in [0.5, 0.6) is 5.75 Å². The number of ether oxygens (including phenoxy) is 1. The SMILES string of the molecule is Cc1ccc(C#N)cc1OCc1cc([N+](=O)[O-])ccc1Cl. The first kappa shape index (κ1) is 14.8. The number of rotatable bonds is 4. The number of benzene rings is 2. The van der Waals surface area contributed by atoms with Crippen molar-refractivity contribution in [3.8, 4) is 11.8 Å². The first-order valence-corrected chi connectivity index (χ1v) is 6.45. The molecule has 21 heavy (non-hydrogen) atoms. The van der Waals surface area contributed by atoms with Crippen molar-refractivity contribution in [3.63, 3.8) is 0 Å². The molecule has 0 fully saturated rings. The number of hydrogen-bond donors (Lipinski definition) is 0. The summed E-state index contributed by atoms with van der Waals surface area (Å²) in [6, 6.07) is 11.3. The predicted molar refractivity (Wildman–Crippen MR) is 78.3 cm³/mol. The summed E-state index contributed by atoms with van der Waals surface area (Å²) in [5, 5.41) is 20.0. The van der Waals surface area contributed by atoms with Crippen LogP contribution in [0.25, 0.3) is 0 Å². The van der Waals surface area contributed by atoms with Crippen LogP contribution < -0.4 is 4.74 Å². The Labute approximate surface area is 126 Å². The van der Waals surface area contributed by atoms with E-state index in [1.165, 1.54) is 18.2 Å². The van der Waals surface area contributed by atoms with E-state index in [-0.39, 0.29) is 12.3 Å². The number of nitriles is 1. The Morgan fingerprint density at radius 2 is 2.10 bits per heavy atom. The van der Waals surface area contributed by atoms with Crippen molar-refractivity contribution in [2.24, 2.45) is 0 Å². The van der Waals surface area contributed by atoms with Crippen LogP contribution in [0, 0.1) is 28.4 Å². The molecule has 0 aliphatic carbocycles. The molecule has 0 atom stereocenters. The van der Waals surface area contributed by atoms with Gasteiger partial charge in [-0.3, -0.25) is 10.1 Å². The lowest BCUT2D eigenvalue weighted by Crippen LogP contribution is -1.99. The van der Waals surface area contributed by atoms with Crippen LogP contribution in [-0.2, 0) is 6.61 Å². The van der Waals surface area contributed by atoms with E-state index in [0.29, 0.717) is 21.9 Å². The molecule has 0 aliphatic heterocycles. The van der Waals surface area contributed by atoms with Crippen LogP contribution >= 0.6 is 11.6 Å². The summed E-state index contributed by atoms with van der Waals surface area (Å²) >= 11 is 6.01. The van der Waals surface area contributed by atoms with E-state index in [1.807, 2.05) is 13.0 Å². The lowest BCUT2D eigenvalue weighted by molar-refractivity contribution is -0.384. The second-order valence-electron chi connectivity index (χ2n) is 4.41. The molecule has 0 N–H and O–H groups in total. The van der Waals surface area contributed by atoms with Crippen molar-refractivity contribution in [1.29, 1.82) is 5.26 Å². The molecular weight excluding hydrogens is 292 g/mol. The molecule has 6 heteroatoms. The summed E-state index contributed by atoms with van der Waals surface area (Å²) in [6.45, 7) is 1.95. The highest BCUT2D eigenvalue weighted by Crippen LogP contribution is 2.25. The zero-order valence-electron chi connectivity index (χ0n) is 11.2. The average molecular weight is 303 g/mol. The third-order valence-corrected chi connectivity index (χ3v) is 3.31. The van der Waals surface area contributed by atoms with Gasteiger partial charge in [-0.1, -0.05) is 17.7 Å². The molecule has 0 heterocycles. The average Bonchev–Trinajstić information content (AvgIpc) is 2.47. The molecule has 0 unspecified atom stereocenters. The Morgan fingerprint density at radius 1 is 1.33 bits per heavy atom. The minimum absolute atomic E-state index is 0.0412. The van der Waals surface area contributed by atoms with E-state index in [0.717, 1.165) is 5.56 Å². The number of aryl methyl sites for hydroxylation is 1. The largest absolute Gasteiger partial charge is 0.489 e. The maximum absolute atomic E-state index is 10.8. The van der Waals surface area contributed by atoms with Crippen LogP contribution in [0.15, 0.2) is 36.4 Å². The van der Waals surface area contributed by atoms with Crippen LogP contribution in [0.2, 0.25) is 5.02 Å². The van der Waals surface area contributed by atoms with Crippen molar-refractivity contribution < 1.29 is 9.66 Å². The summed E-state index contributed by atoms with van der Waals surface area (Å²) in [6.07, 6.45) is 0. The Bertz CT molecular complexity index is 738. The van der Waals surface area contributed by atoms with Gasteiger partial charge in [0, 0.05) is 22.7 Å². The van der Waals surface area contributed by atoms with Gasteiger partial charge >= 0.3 is 0 Å². The summed E-state index contributed by atoms with van der Waals surface area (Å²) in [5.74, 6) is 0.552. The number of nitro groups is 1. The molecule has 106 valence electrons. The summed E-state index contributed by atoms with van der Waals surface area (Å²) < 4.78 is 5.62. The molecule has 2 aromatic rings. The zero-order chi connectivity index (χ0) is 15.4. The Balaban J connectivity index is 2.22. The van der Waals surface area contributed by atoms with E-state index < -0.39 is 4.92 Å². The molecule has 5 nitrogen and oxygen atoms in total. The quantitative estimate of drug-likeness (QED) is 0.631. The molecule has 0 radical (unpaired) electrons. The fourth-order valence-electron chi connectivity index (χ4n) is 1.77. The first-order chi connectivity index (χ1) is 10.0. The van der Waals surface area contributed by atoms with Crippen molar-refractivity contribution >= 4 is 17.3 Å². The summed E-state index contributed by atoms with van der Waals surface area (Å²) in [4.78, 5) is 10.3. The van der Waals surface area contributed by atoms with Gasteiger partial charge in [-0.05, 0) is 30.7 Å². The van der Waals surface area contributed by atoms with Crippen molar-refractivity contribution in [2.75, 3.05) is 0 Å². The predicted octanol–water partition coefficient (Wildman–Crippen LogP) is 4.01. The Morgan fingerprint density at radius 3 is 2.76 bits per heavy atom. The molecule has 0 spiro atoms. The lowest BCUT2D eigenvalue weighted by atomic mass is 10.1. The Kier molecular flexibility index (Phi) is 4.41. The van der Waals surface area contributed by atoms with E-state index >= 15 is 0 Å². The number of nitro benzene ring substituents is 1. The van der Waals surface area contributed by atoms with Gasteiger partial charge in [0.25, 0.3) is 5.69 Å². The van der Waals surface area contributed by atoms with E-state index in [2.05, 4.69) is 0 Å². The van der Waals surface area contributed by atoms with Gasteiger partial charge in [0.05, 0.1) is 16.6 Å².